The summed E-state index contributed by atoms with van der Waals surface area (Å²) in [6.07, 6.45) is 1.08. The minimum atomic E-state index is 0.348. The van der Waals surface area contributed by atoms with Gasteiger partial charge in [0.1, 0.15) is 0 Å². The Morgan fingerprint density at radius 2 is 2.26 bits per heavy atom. The highest BCUT2D eigenvalue weighted by atomic mass is 32.1. The van der Waals surface area contributed by atoms with Crippen molar-refractivity contribution in [2.24, 2.45) is 0 Å². The second-order valence-electron chi connectivity index (χ2n) is 6.14. The summed E-state index contributed by atoms with van der Waals surface area (Å²) in [6.45, 7) is 5.19. The first-order valence-corrected chi connectivity index (χ1v) is 8.81. The van der Waals surface area contributed by atoms with Crippen molar-refractivity contribution in [1.29, 1.82) is 0 Å². The zero-order chi connectivity index (χ0) is 15.6. The number of aryl methyl sites for hydroxylation is 1. The number of rotatable bonds is 4. The molecule has 1 atom stereocenters. The van der Waals surface area contributed by atoms with Crippen LogP contribution in [0.4, 0.5) is 0 Å². The zero-order valence-corrected chi connectivity index (χ0v) is 13.9. The molecule has 1 saturated heterocycles. The van der Waals surface area contributed by atoms with Gasteiger partial charge in [0.2, 0.25) is 11.7 Å². The summed E-state index contributed by atoms with van der Waals surface area (Å²) >= 11 is 1.64. The minimum absolute atomic E-state index is 0.348. The molecule has 0 saturated carbocycles. The predicted molar refractivity (Wildman–Crippen MR) is 91.4 cm³/mol. The lowest BCUT2D eigenvalue weighted by Crippen LogP contribution is -2.19. The second kappa shape index (κ2) is 6.26. The Morgan fingerprint density at radius 3 is 3.09 bits per heavy atom. The Morgan fingerprint density at radius 1 is 1.30 bits per heavy atom. The third-order valence-corrected chi connectivity index (χ3v) is 5.16. The molecular formula is C18H19N3OS. The molecule has 0 radical (unpaired) electrons. The maximum Gasteiger partial charge on any atom is 0.231 e. The molecule has 3 aromatic rings. The van der Waals surface area contributed by atoms with E-state index in [4.69, 9.17) is 4.52 Å². The normalized spacial score (nSPS) is 18.6. The average Bonchev–Trinajstić information content (AvgIpc) is 3.28. The van der Waals surface area contributed by atoms with E-state index in [1.807, 2.05) is 17.5 Å². The highest BCUT2D eigenvalue weighted by Crippen LogP contribution is 2.29. The van der Waals surface area contributed by atoms with Gasteiger partial charge in [0, 0.05) is 13.1 Å². The first-order valence-electron chi connectivity index (χ1n) is 7.93. The lowest BCUT2D eigenvalue weighted by Gasteiger charge is -2.15. The van der Waals surface area contributed by atoms with Crippen LogP contribution < -0.4 is 0 Å². The smallest absolute Gasteiger partial charge is 0.231 e. The van der Waals surface area contributed by atoms with Crippen molar-refractivity contribution >= 4 is 11.3 Å². The summed E-state index contributed by atoms with van der Waals surface area (Å²) < 4.78 is 5.51. The molecule has 4 nitrogen and oxygen atoms in total. The van der Waals surface area contributed by atoms with E-state index in [-0.39, 0.29) is 0 Å². The Hall–Kier alpha value is -1.98. The van der Waals surface area contributed by atoms with E-state index in [9.17, 15) is 0 Å². The van der Waals surface area contributed by atoms with Crippen LogP contribution in [0.5, 0.6) is 0 Å². The summed E-state index contributed by atoms with van der Waals surface area (Å²) in [5.41, 5.74) is 2.69. The van der Waals surface area contributed by atoms with Crippen LogP contribution in [0.3, 0.4) is 0 Å². The van der Waals surface area contributed by atoms with Gasteiger partial charge in [-0.3, -0.25) is 4.90 Å². The van der Waals surface area contributed by atoms with Gasteiger partial charge in [-0.15, -0.1) is 11.3 Å². The monoisotopic (exact) mass is 325 g/mol. The summed E-state index contributed by atoms with van der Waals surface area (Å²) in [6, 6.07) is 12.8. The van der Waals surface area contributed by atoms with E-state index in [1.54, 1.807) is 11.3 Å². The molecule has 1 fully saturated rings. The van der Waals surface area contributed by atoms with Gasteiger partial charge in [-0.1, -0.05) is 41.1 Å². The number of hydrogen-bond acceptors (Lipinski definition) is 5. The summed E-state index contributed by atoms with van der Waals surface area (Å²) in [5, 5.41) is 6.16. The number of likely N-dealkylation sites (tertiary alicyclic amines) is 1. The highest BCUT2D eigenvalue weighted by molar-refractivity contribution is 7.13. The lowest BCUT2D eigenvalue weighted by atomic mass is 10.1. The molecule has 0 bridgehead atoms. The third kappa shape index (κ3) is 3.21. The van der Waals surface area contributed by atoms with Gasteiger partial charge in [-0.25, -0.2) is 0 Å². The number of benzene rings is 1. The molecule has 0 amide bonds. The minimum Gasteiger partial charge on any atom is -0.339 e. The standard InChI is InChI=1S/C18H19N3OS/c1-13-4-2-5-14(10-13)11-21-8-7-15(12-21)18-19-17(20-22-18)16-6-3-9-23-16/h2-6,9-10,15H,7-8,11-12H2,1H3/t15-/m1/s1. The fourth-order valence-electron chi connectivity index (χ4n) is 3.15. The second-order valence-corrected chi connectivity index (χ2v) is 7.09. The van der Waals surface area contributed by atoms with Crippen LogP contribution in [0.25, 0.3) is 10.7 Å². The van der Waals surface area contributed by atoms with E-state index in [0.29, 0.717) is 11.7 Å². The van der Waals surface area contributed by atoms with E-state index in [1.165, 1.54) is 11.1 Å². The zero-order valence-electron chi connectivity index (χ0n) is 13.1. The van der Waals surface area contributed by atoms with Crippen molar-refractivity contribution in [3.8, 4) is 10.7 Å². The fraction of sp³-hybridized carbons (Fsp3) is 0.333. The fourth-order valence-corrected chi connectivity index (χ4v) is 3.80. The van der Waals surface area contributed by atoms with E-state index in [0.717, 1.165) is 36.8 Å². The summed E-state index contributed by atoms with van der Waals surface area (Å²) in [5.74, 6) is 1.84. The molecule has 0 unspecified atom stereocenters. The lowest BCUT2D eigenvalue weighted by molar-refractivity contribution is 0.309. The maximum absolute atomic E-state index is 5.51. The largest absolute Gasteiger partial charge is 0.339 e. The van der Waals surface area contributed by atoms with Crippen LogP contribution in [0, 0.1) is 6.92 Å². The van der Waals surface area contributed by atoms with E-state index >= 15 is 0 Å². The van der Waals surface area contributed by atoms with E-state index < -0.39 is 0 Å². The van der Waals surface area contributed by atoms with Crippen molar-refractivity contribution in [1.82, 2.24) is 15.0 Å². The van der Waals surface area contributed by atoms with Crippen LogP contribution in [0.1, 0.15) is 29.4 Å². The van der Waals surface area contributed by atoms with Crippen LogP contribution in [-0.2, 0) is 6.54 Å². The maximum atomic E-state index is 5.51. The van der Waals surface area contributed by atoms with Crippen molar-refractivity contribution in [3.05, 3.63) is 58.8 Å². The van der Waals surface area contributed by atoms with Crippen LogP contribution >= 0.6 is 11.3 Å². The number of nitrogens with zero attached hydrogens (tertiary/aromatic N) is 3. The topological polar surface area (TPSA) is 42.2 Å². The quantitative estimate of drug-likeness (QED) is 0.724. The van der Waals surface area contributed by atoms with Crippen molar-refractivity contribution < 1.29 is 4.52 Å². The Labute approximate surface area is 139 Å². The Balaban J connectivity index is 1.42. The molecule has 23 heavy (non-hydrogen) atoms. The van der Waals surface area contributed by atoms with Crippen molar-refractivity contribution in [3.63, 3.8) is 0 Å². The number of aromatic nitrogens is 2. The Kier molecular flexibility index (Phi) is 3.97. The molecule has 2 aromatic heterocycles. The van der Waals surface area contributed by atoms with Gasteiger partial charge in [0.25, 0.3) is 0 Å². The molecule has 0 N–H and O–H groups in total. The van der Waals surface area contributed by atoms with Gasteiger partial charge in [0.05, 0.1) is 10.8 Å². The summed E-state index contributed by atoms with van der Waals surface area (Å²) in [7, 11) is 0. The SMILES string of the molecule is Cc1cccc(CN2CC[C@@H](c3nc(-c4cccs4)no3)C2)c1. The average molecular weight is 325 g/mol. The molecule has 0 aliphatic carbocycles. The van der Waals surface area contributed by atoms with Gasteiger partial charge in [-0.2, -0.15) is 4.98 Å². The highest BCUT2D eigenvalue weighted by Gasteiger charge is 2.28. The van der Waals surface area contributed by atoms with Crippen LogP contribution in [0.15, 0.2) is 46.3 Å². The molecular weight excluding hydrogens is 306 g/mol. The number of thiophene rings is 1. The van der Waals surface area contributed by atoms with Gasteiger partial charge in [0.15, 0.2) is 0 Å². The van der Waals surface area contributed by atoms with Crippen molar-refractivity contribution in [2.45, 2.75) is 25.8 Å². The van der Waals surface area contributed by atoms with Crippen LogP contribution in [-0.4, -0.2) is 28.1 Å². The van der Waals surface area contributed by atoms with Crippen LogP contribution in [0.2, 0.25) is 0 Å². The van der Waals surface area contributed by atoms with Crippen molar-refractivity contribution in [2.75, 3.05) is 13.1 Å². The first-order chi connectivity index (χ1) is 11.3. The first kappa shape index (κ1) is 14.6. The molecule has 5 heteroatoms. The van der Waals surface area contributed by atoms with Gasteiger partial charge < -0.3 is 4.52 Å². The molecule has 4 rings (SSSR count). The molecule has 1 aliphatic heterocycles. The summed E-state index contributed by atoms with van der Waals surface area (Å²) in [4.78, 5) is 8.13. The molecule has 118 valence electrons. The Bertz CT molecular complexity index is 781. The molecule has 0 spiro atoms. The van der Waals surface area contributed by atoms with Gasteiger partial charge >= 0.3 is 0 Å². The molecule has 1 aliphatic rings. The molecule has 1 aromatic carbocycles. The number of hydrogen-bond donors (Lipinski definition) is 0. The predicted octanol–water partition coefficient (Wildman–Crippen LogP) is 4.10. The van der Waals surface area contributed by atoms with Gasteiger partial charge in [-0.05, 0) is 36.9 Å². The molecule has 3 heterocycles. The van der Waals surface area contributed by atoms with E-state index in [2.05, 4.69) is 46.2 Å². The third-order valence-electron chi connectivity index (χ3n) is 4.29.